The third-order valence-corrected chi connectivity index (χ3v) is 3.30. The van der Waals surface area contributed by atoms with Crippen molar-refractivity contribution < 1.29 is 4.74 Å². The SMILES string of the molecule is CCC(=Cc1ccc2cc(OC)ccc2c1)CNC. The third kappa shape index (κ3) is 3.36. The number of nitrogens with one attached hydrogen (secondary N) is 1. The first-order valence-electron chi connectivity index (χ1n) is 6.68. The van der Waals surface area contributed by atoms with Crippen LogP contribution in [-0.2, 0) is 0 Å². The van der Waals surface area contributed by atoms with Gasteiger partial charge in [0.25, 0.3) is 0 Å². The quantitative estimate of drug-likeness (QED) is 0.876. The highest BCUT2D eigenvalue weighted by molar-refractivity contribution is 5.86. The Bertz CT molecular complexity index is 587. The van der Waals surface area contributed by atoms with E-state index in [9.17, 15) is 0 Å². The molecule has 1 N–H and O–H groups in total. The minimum atomic E-state index is 0.903. The maximum atomic E-state index is 5.25. The highest BCUT2D eigenvalue weighted by Crippen LogP contribution is 2.23. The second-order valence-corrected chi connectivity index (χ2v) is 4.66. The Hall–Kier alpha value is -1.80. The van der Waals surface area contributed by atoms with Crippen LogP contribution in [0.3, 0.4) is 0 Å². The Balaban J connectivity index is 2.36. The van der Waals surface area contributed by atoms with E-state index in [0.29, 0.717) is 0 Å². The van der Waals surface area contributed by atoms with E-state index in [2.05, 4.69) is 48.6 Å². The molecule has 0 atom stereocenters. The van der Waals surface area contributed by atoms with Crippen LogP contribution in [0.15, 0.2) is 42.0 Å². The van der Waals surface area contributed by atoms with Crippen molar-refractivity contribution >= 4 is 16.8 Å². The van der Waals surface area contributed by atoms with Gasteiger partial charge in [0.05, 0.1) is 7.11 Å². The lowest BCUT2D eigenvalue weighted by Gasteiger charge is -2.06. The molecule has 0 aliphatic carbocycles. The summed E-state index contributed by atoms with van der Waals surface area (Å²) < 4.78 is 5.25. The maximum Gasteiger partial charge on any atom is 0.119 e. The van der Waals surface area contributed by atoms with Gasteiger partial charge in [-0.1, -0.05) is 36.8 Å². The van der Waals surface area contributed by atoms with Crippen LogP contribution in [0.2, 0.25) is 0 Å². The maximum absolute atomic E-state index is 5.25. The molecule has 2 aromatic rings. The fourth-order valence-electron chi connectivity index (χ4n) is 2.20. The van der Waals surface area contributed by atoms with Crippen LogP contribution in [0.25, 0.3) is 16.8 Å². The standard InChI is InChI=1S/C17H21NO/c1-4-13(12-18-2)9-14-5-6-16-11-17(19-3)8-7-15(16)10-14/h5-11,18H,4,12H2,1-3H3. The second kappa shape index (κ2) is 6.39. The summed E-state index contributed by atoms with van der Waals surface area (Å²) in [5.74, 6) is 0.903. The van der Waals surface area contributed by atoms with Gasteiger partial charge in [-0.15, -0.1) is 0 Å². The van der Waals surface area contributed by atoms with Gasteiger partial charge in [-0.25, -0.2) is 0 Å². The molecular formula is C17H21NO. The van der Waals surface area contributed by atoms with E-state index in [4.69, 9.17) is 4.74 Å². The number of rotatable bonds is 5. The summed E-state index contributed by atoms with van der Waals surface area (Å²) in [6.07, 6.45) is 3.33. The van der Waals surface area contributed by atoms with Crippen molar-refractivity contribution in [3.8, 4) is 5.75 Å². The fourth-order valence-corrected chi connectivity index (χ4v) is 2.20. The molecule has 2 heteroatoms. The summed E-state index contributed by atoms with van der Waals surface area (Å²) in [6.45, 7) is 3.13. The molecule has 2 rings (SSSR count). The van der Waals surface area contributed by atoms with Gasteiger partial charge in [-0.3, -0.25) is 0 Å². The minimum Gasteiger partial charge on any atom is -0.497 e. The predicted octanol–water partition coefficient (Wildman–Crippen LogP) is 3.86. The first-order chi connectivity index (χ1) is 9.26. The second-order valence-electron chi connectivity index (χ2n) is 4.66. The van der Waals surface area contributed by atoms with Crippen molar-refractivity contribution in [3.63, 3.8) is 0 Å². The van der Waals surface area contributed by atoms with E-state index >= 15 is 0 Å². The molecule has 0 fully saturated rings. The van der Waals surface area contributed by atoms with Crippen LogP contribution in [-0.4, -0.2) is 20.7 Å². The van der Waals surface area contributed by atoms with Crippen LogP contribution in [0.4, 0.5) is 0 Å². The summed E-state index contributed by atoms with van der Waals surface area (Å²) in [4.78, 5) is 0. The van der Waals surface area contributed by atoms with Gasteiger partial charge in [0, 0.05) is 6.54 Å². The number of ether oxygens (including phenoxy) is 1. The van der Waals surface area contributed by atoms with Crippen molar-refractivity contribution in [3.05, 3.63) is 47.5 Å². The summed E-state index contributed by atoms with van der Waals surface area (Å²) in [5.41, 5.74) is 2.67. The molecule has 0 radical (unpaired) electrons. The number of fused-ring (bicyclic) bond motifs is 1. The molecule has 0 amide bonds. The van der Waals surface area contributed by atoms with Gasteiger partial charge in [0.2, 0.25) is 0 Å². The topological polar surface area (TPSA) is 21.3 Å². The first kappa shape index (κ1) is 13.6. The third-order valence-electron chi connectivity index (χ3n) is 3.30. The Kier molecular flexibility index (Phi) is 4.58. The summed E-state index contributed by atoms with van der Waals surface area (Å²) >= 11 is 0. The average Bonchev–Trinajstić information content (AvgIpc) is 2.46. The number of likely N-dealkylation sites (N-methyl/N-ethyl adjacent to an activating group) is 1. The molecule has 0 unspecified atom stereocenters. The zero-order valence-corrected chi connectivity index (χ0v) is 11.9. The molecule has 0 aliphatic heterocycles. The number of methoxy groups -OCH3 is 1. The lowest BCUT2D eigenvalue weighted by molar-refractivity contribution is 0.415. The molecule has 2 aromatic carbocycles. The Morgan fingerprint density at radius 1 is 1.16 bits per heavy atom. The number of hydrogen-bond acceptors (Lipinski definition) is 2. The lowest BCUT2D eigenvalue weighted by atomic mass is 10.0. The summed E-state index contributed by atoms with van der Waals surface area (Å²) in [7, 11) is 3.68. The fraction of sp³-hybridized carbons (Fsp3) is 0.294. The molecule has 19 heavy (non-hydrogen) atoms. The molecule has 0 bridgehead atoms. The van der Waals surface area contributed by atoms with E-state index in [1.165, 1.54) is 21.9 Å². The number of benzene rings is 2. The lowest BCUT2D eigenvalue weighted by Crippen LogP contribution is -2.09. The monoisotopic (exact) mass is 255 g/mol. The van der Waals surface area contributed by atoms with E-state index in [1.54, 1.807) is 7.11 Å². The Morgan fingerprint density at radius 2 is 1.89 bits per heavy atom. The molecule has 0 heterocycles. The van der Waals surface area contributed by atoms with Crippen molar-refractivity contribution in [1.82, 2.24) is 5.32 Å². The molecule has 100 valence electrons. The number of hydrogen-bond donors (Lipinski definition) is 1. The first-order valence-corrected chi connectivity index (χ1v) is 6.68. The van der Waals surface area contributed by atoms with Crippen molar-refractivity contribution in [2.24, 2.45) is 0 Å². The van der Waals surface area contributed by atoms with Gasteiger partial charge in [-0.2, -0.15) is 0 Å². The van der Waals surface area contributed by atoms with E-state index in [1.807, 2.05) is 13.1 Å². The zero-order valence-electron chi connectivity index (χ0n) is 11.9. The van der Waals surface area contributed by atoms with Crippen LogP contribution in [0.5, 0.6) is 5.75 Å². The van der Waals surface area contributed by atoms with E-state index in [0.717, 1.165) is 18.7 Å². The smallest absolute Gasteiger partial charge is 0.119 e. The van der Waals surface area contributed by atoms with Crippen LogP contribution in [0, 0.1) is 0 Å². The summed E-state index contributed by atoms with van der Waals surface area (Å²) in [5, 5.41) is 5.66. The van der Waals surface area contributed by atoms with Gasteiger partial charge in [0.15, 0.2) is 0 Å². The molecule has 0 spiro atoms. The van der Waals surface area contributed by atoms with Crippen molar-refractivity contribution in [1.29, 1.82) is 0 Å². The van der Waals surface area contributed by atoms with Crippen LogP contribution < -0.4 is 10.1 Å². The molecule has 0 saturated carbocycles. The largest absolute Gasteiger partial charge is 0.497 e. The van der Waals surface area contributed by atoms with Crippen LogP contribution >= 0.6 is 0 Å². The van der Waals surface area contributed by atoms with Gasteiger partial charge in [-0.05, 0) is 48.0 Å². The normalized spacial score (nSPS) is 11.8. The predicted molar refractivity (Wildman–Crippen MR) is 82.7 cm³/mol. The van der Waals surface area contributed by atoms with E-state index in [-0.39, 0.29) is 0 Å². The zero-order chi connectivity index (χ0) is 13.7. The average molecular weight is 255 g/mol. The molecule has 2 nitrogen and oxygen atoms in total. The van der Waals surface area contributed by atoms with E-state index < -0.39 is 0 Å². The van der Waals surface area contributed by atoms with Crippen molar-refractivity contribution in [2.45, 2.75) is 13.3 Å². The molecule has 0 aromatic heterocycles. The minimum absolute atomic E-state index is 0.903. The Labute approximate surface area is 115 Å². The van der Waals surface area contributed by atoms with Crippen molar-refractivity contribution in [2.75, 3.05) is 20.7 Å². The van der Waals surface area contributed by atoms with Gasteiger partial charge in [0.1, 0.15) is 5.75 Å². The van der Waals surface area contributed by atoms with Gasteiger partial charge < -0.3 is 10.1 Å². The highest BCUT2D eigenvalue weighted by atomic mass is 16.5. The molecule has 0 saturated heterocycles. The van der Waals surface area contributed by atoms with Crippen LogP contribution in [0.1, 0.15) is 18.9 Å². The molecule has 0 aliphatic rings. The highest BCUT2D eigenvalue weighted by Gasteiger charge is 1.99. The Morgan fingerprint density at radius 3 is 2.58 bits per heavy atom. The van der Waals surface area contributed by atoms with Gasteiger partial charge >= 0.3 is 0 Å². The summed E-state index contributed by atoms with van der Waals surface area (Å²) in [6, 6.07) is 12.7. The molecular weight excluding hydrogens is 234 g/mol.